The van der Waals surface area contributed by atoms with Gasteiger partial charge in [-0.05, 0) is 40.0 Å². The minimum atomic E-state index is -0.359. The van der Waals surface area contributed by atoms with E-state index < -0.39 is 0 Å². The molecule has 3 aromatic heterocycles. The van der Waals surface area contributed by atoms with E-state index in [9.17, 15) is 9.90 Å². The molecule has 1 atom stereocenters. The molecular weight excluding hydrogens is 468 g/mol. The molecule has 0 saturated heterocycles. The maximum atomic E-state index is 12.6. The summed E-state index contributed by atoms with van der Waals surface area (Å²) >= 11 is 0. The summed E-state index contributed by atoms with van der Waals surface area (Å²) in [4.78, 5) is 32.4. The minimum Gasteiger partial charge on any atom is -0.496 e. The van der Waals surface area contributed by atoms with Crippen LogP contribution in [0, 0.1) is 40.0 Å². The molecule has 37 heavy (non-hydrogen) atoms. The molecular formula is C28H38N6O3. The number of pyridine rings is 2. The number of hydrogen-bond donors (Lipinski definition) is 3. The van der Waals surface area contributed by atoms with Crippen LogP contribution in [0.15, 0.2) is 17.2 Å². The normalized spacial score (nSPS) is 15.2. The predicted molar refractivity (Wildman–Crippen MR) is 146 cm³/mol. The molecule has 1 unspecified atom stereocenters. The lowest BCUT2D eigenvalue weighted by Gasteiger charge is -2.30. The number of aliphatic hydroxyl groups is 1. The second-order valence-electron chi connectivity index (χ2n) is 10.8. The van der Waals surface area contributed by atoms with Crippen LogP contribution in [0.2, 0.25) is 0 Å². The van der Waals surface area contributed by atoms with Crippen molar-refractivity contribution in [2.75, 3.05) is 30.5 Å². The molecule has 9 heteroatoms. The summed E-state index contributed by atoms with van der Waals surface area (Å²) in [5.74, 6) is 2.22. The van der Waals surface area contributed by atoms with Crippen molar-refractivity contribution in [2.45, 2.75) is 67.5 Å². The van der Waals surface area contributed by atoms with E-state index in [1.165, 1.54) is 0 Å². The van der Waals surface area contributed by atoms with Gasteiger partial charge in [-0.15, -0.1) is 0 Å². The van der Waals surface area contributed by atoms with E-state index in [4.69, 9.17) is 14.7 Å². The molecule has 4 heterocycles. The number of ether oxygens (including phenoxy) is 1. The Morgan fingerprint density at radius 2 is 1.89 bits per heavy atom. The first-order valence-corrected chi connectivity index (χ1v) is 12.6. The highest BCUT2D eigenvalue weighted by Gasteiger charge is 2.41. The molecule has 3 N–H and O–H groups in total. The van der Waals surface area contributed by atoms with Crippen LogP contribution < -0.4 is 20.4 Å². The number of nitrogens with one attached hydrogen (secondary N) is 2. The third-order valence-corrected chi connectivity index (χ3v) is 7.64. The number of fused-ring (bicyclic) bond motifs is 1. The Bertz CT molecular complexity index is 1380. The molecule has 0 radical (unpaired) electrons. The number of aromatic amines is 1. The van der Waals surface area contributed by atoms with Gasteiger partial charge >= 0.3 is 0 Å². The maximum absolute atomic E-state index is 12.6. The first-order chi connectivity index (χ1) is 17.5. The Kier molecular flexibility index (Phi) is 7.28. The van der Waals surface area contributed by atoms with Gasteiger partial charge in [0.05, 0.1) is 25.9 Å². The summed E-state index contributed by atoms with van der Waals surface area (Å²) in [5, 5.41) is 13.5. The Morgan fingerprint density at radius 3 is 2.57 bits per heavy atom. The molecule has 9 nitrogen and oxygen atoms in total. The molecule has 0 aliphatic carbocycles. The third-order valence-electron chi connectivity index (χ3n) is 7.64. The molecule has 0 spiro atoms. The van der Waals surface area contributed by atoms with Gasteiger partial charge in [-0.1, -0.05) is 13.8 Å². The first kappa shape index (κ1) is 26.6. The van der Waals surface area contributed by atoms with Gasteiger partial charge in [-0.2, -0.15) is 4.98 Å². The van der Waals surface area contributed by atoms with Gasteiger partial charge in [-0.25, -0.2) is 4.98 Å². The molecule has 3 aromatic rings. The van der Waals surface area contributed by atoms with Crippen molar-refractivity contribution in [1.82, 2.24) is 19.9 Å². The van der Waals surface area contributed by atoms with Gasteiger partial charge in [0.2, 0.25) is 5.95 Å². The molecule has 4 rings (SSSR count). The number of methoxy groups -OCH3 is 1. The topological polar surface area (TPSA) is 116 Å². The van der Waals surface area contributed by atoms with E-state index in [1.807, 2.05) is 40.8 Å². The summed E-state index contributed by atoms with van der Waals surface area (Å²) in [6.45, 7) is 15.5. The summed E-state index contributed by atoms with van der Waals surface area (Å²) in [7, 11) is 1.67. The number of nitrogens with zero attached hydrogens (tertiary/aromatic N) is 4. The van der Waals surface area contributed by atoms with Gasteiger partial charge in [-0.3, -0.25) is 9.78 Å². The highest BCUT2D eigenvalue weighted by atomic mass is 16.5. The van der Waals surface area contributed by atoms with Crippen molar-refractivity contribution in [1.29, 1.82) is 0 Å². The van der Waals surface area contributed by atoms with Gasteiger partial charge in [0.1, 0.15) is 11.6 Å². The number of hydrogen-bond acceptors (Lipinski definition) is 8. The number of rotatable bonds is 8. The molecule has 0 fully saturated rings. The van der Waals surface area contributed by atoms with Crippen molar-refractivity contribution in [3.05, 3.63) is 67.5 Å². The van der Waals surface area contributed by atoms with E-state index in [1.54, 1.807) is 13.3 Å². The predicted octanol–water partition coefficient (Wildman–Crippen LogP) is 3.85. The lowest BCUT2D eigenvalue weighted by Crippen LogP contribution is -2.32. The fourth-order valence-electron chi connectivity index (χ4n) is 5.15. The fourth-order valence-corrected chi connectivity index (χ4v) is 5.15. The van der Waals surface area contributed by atoms with Crippen LogP contribution in [-0.2, 0) is 13.1 Å². The second kappa shape index (κ2) is 10.1. The van der Waals surface area contributed by atoms with Crippen molar-refractivity contribution >= 4 is 11.8 Å². The molecule has 0 amide bonds. The van der Waals surface area contributed by atoms with Crippen molar-refractivity contribution < 1.29 is 9.84 Å². The molecule has 0 aromatic carbocycles. The van der Waals surface area contributed by atoms with Crippen LogP contribution >= 0.6 is 0 Å². The molecule has 0 saturated carbocycles. The number of anilines is 2. The average molecular weight is 507 g/mol. The summed E-state index contributed by atoms with van der Waals surface area (Å²) in [6.07, 6.45) is 3.58. The second-order valence-corrected chi connectivity index (χ2v) is 10.8. The number of aromatic nitrogens is 4. The van der Waals surface area contributed by atoms with Crippen LogP contribution in [0.1, 0.15) is 64.7 Å². The molecule has 198 valence electrons. The quantitative estimate of drug-likeness (QED) is 0.422. The summed E-state index contributed by atoms with van der Waals surface area (Å²) < 4.78 is 5.55. The van der Waals surface area contributed by atoms with Crippen LogP contribution in [-0.4, -0.2) is 45.3 Å². The SMILES string of the molecule is COc1c(C)cnc(CNc2nc(C)c3c(n2)N(Cc2[nH]cc(C)c(=O)c2C)CC3C(C)(C)CO)c1C. The lowest BCUT2D eigenvalue weighted by atomic mass is 9.76. The van der Waals surface area contributed by atoms with Crippen LogP contribution in [0.3, 0.4) is 0 Å². The number of H-pyrrole nitrogens is 1. The standard InChI is InChI=1S/C28H38N6O3/c1-15-9-30-22(17(3)24(15)36)13-34-12-20(28(6,7)14-35)23-19(5)32-27(33-26(23)34)31-11-21-18(4)25(37-8)16(2)10-29-21/h9-10,20,35H,11-14H2,1-8H3,(H,30,36)(H,31,32,33). The van der Waals surface area contributed by atoms with Gasteiger partial charge in [0.15, 0.2) is 5.43 Å². The lowest BCUT2D eigenvalue weighted by molar-refractivity contribution is 0.134. The Balaban J connectivity index is 1.70. The fraction of sp³-hybridized carbons (Fsp3) is 0.500. The highest BCUT2D eigenvalue weighted by Crippen LogP contribution is 2.46. The van der Waals surface area contributed by atoms with Crippen molar-refractivity contribution in [3.8, 4) is 5.75 Å². The first-order valence-electron chi connectivity index (χ1n) is 12.6. The molecule has 0 bridgehead atoms. The van der Waals surface area contributed by atoms with E-state index in [0.717, 1.165) is 45.3 Å². The van der Waals surface area contributed by atoms with Crippen LogP contribution in [0.25, 0.3) is 0 Å². The average Bonchev–Trinajstić information content (AvgIpc) is 3.24. The van der Waals surface area contributed by atoms with Crippen LogP contribution in [0.5, 0.6) is 5.75 Å². The van der Waals surface area contributed by atoms with E-state index in [2.05, 4.69) is 34.0 Å². The van der Waals surface area contributed by atoms with Crippen molar-refractivity contribution in [3.63, 3.8) is 0 Å². The molecule has 1 aliphatic heterocycles. The Hall–Kier alpha value is -3.46. The highest BCUT2D eigenvalue weighted by molar-refractivity contribution is 5.60. The monoisotopic (exact) mass is 506 g/mol. The van der Waals surface area contributed by atoms with Gasteiger partial charge in [0, 0.05) is 70.7 Å². The summed E-state index contributed by atoms with van der Waals surface area (Å²) in [5.41, 5.74) is 6.73. The zero-order chi connectivity index (χ0) is 27.1. The maximum Gasteiger partial charge on any atom is 0.225 e. The molecule has 1 aliphatic rings. The van der Waals surface area contributed by atoms with Crippen molar-refractivity contribution in [2.24, 2.45) is 5.41 Å². The van der Waals surface area contributed by atoms with E-state index in [0.29, 0.717) is 36.7 Å². The largest absolute Gasteiger partial charge is 0.496 e. The van der Waals surface area contributed by atoms with E-state index in [-0.39, 0.29) is 23.4 Å². The van der Waals surface area contributed by atoms with Gasteiger partial charge < -0.3 is 25.0 Å². The zero-order valence-corrected chi connectivity index (χ0v) is 23.1. The van der Waals surface area contributed by atoms with E-state index >= 15 is 0 Å². The number of aliphatic hydroxyl groups excluding tert-OH is 1. The third kappa shape index (κ3) is 4.92. The smallest absolute Gasteiger partial charge is 0.225 e. The minimum absolute atomic E-state index is 0.0456. The zero-order valence-electron chi connectivity index (χ0n) is 23.1. The Labute approximate surface area is 218 Å². The Morgan fingerprint density at radius 1 is 1.16 bits per heavy atom. The summed E-state index contributed by atoms with van der Waals surface area (Å²) in [6, 6.07) is 0. The van der Waals surface area contributed by atoms with Crippen LogP contribution in [0.4, 0.5) is 11.8 Å². The van der Waals surface area contributed by atoms with Gasteiger partial charge in [0.25, 0.3) is 0 Å². The number of aryl methyl sites for hydroxylation is 3.